The molecule has 0 aliphatic heterocycles. The van der Waals surface area contributed by atoms with Crippen LogP contribution >= 0.6 is 15.9 Å². The maximum absolute atomic E-state index is 13.6. The SMILES string of the molecule is CCCCCCOc1ccc(C(=O)Nc2ccccc2F)cc1Br. The summed E-state index contributed by atoms with van der Waals surface area (Å²) in [5.74, 6) is -0.124. The molecular formula is C19H21BrFNO2. The molecule has 2 aromatic carbocycles. The lowest BCUT2D eigenvalue weighted by molar-refractivity contribution is 0.102. The molecular weight excluding hydrogens is 373 g/mol. The number of para-hydroxylation sites is 1. The highest BCUT2D eigenvalue weighted by Crippen LogP contribution is 2.27. The van der Waals surface area contributed by atoms with Gasteiger partial charge in [-0.25, -0.2) is 4.39 Å². The zero-order valence-corrected chi connectivity index (χ0v) is 15.2. The van der Waals surface area contributed by atoms with Gasteiger partial charge in [0.25, 0.3) is 5.91 Å². The van der Waals surface area contributed by atoms with Gasteiger partial charge in [-0.2, -0.15) is 0 Å². The van der Waals surface area contributed by atoms with Gasteiger partial charge >= 0.3 is 0 Å². The standard InChI is InChI=1S/C19H21BrFNO2/c1-2-3-4-7-12-24-18-11-10-14(13-15(18)20)19(23)22-17-9-6-5-8-16(17)21/h5-6,8-11,13H,2-4,7,12H2,1H3,(H,22,23). The molecule has 0 atom stereocenters. The van der Waals surface area contributed by atoms with Gasteiger partial charge in [-0.05, 0) is 52.7 Å². The maximum Gasteiger partial charge on any atom is 0.255 e. The van der Waals surface area contributed by atoms with Crippen molar-refractivity contribution in [1.82, 2.24) is 0 Å². The van der Waals surface area contributed by atoms with E-state index >= 15 is 0 Å². The molecule has 0 fully saturated rings. The van der Waals surface area contributed by atoms with Gasteiger partial charge in [-0.15, -0.1) is 0 Å². The normalized spacial score (nSPS) is 10.5. The molecule has 0 heterocycles. The third kappa shape index (κ3) is 5.34. The molecule has 0 aliphatic carbocycles. The van der Waals surface area contributed by atoms with E-state index in [0.717, 1.165) is 12.8 Å². The molecule has 0 spiro atoms. The van der Waals surface area contributed by atoms with E-state index in [-0.39, 0.29) is 11.6 Å². The van der Waals surface area contributed by atoms with Crippen molar-refractivity contribution >= 4 is 27.5 Å². The number of anilines is 1. The molecule has 0 aliphatic rings. The lowest BCUT2D eigenvalue weighted by atomic mass is 10.2. The topological polar surface area (TPSA) is 38.3 Å². The number of amides is 1. The minimum absolute atomic E-state index is 0.162. The minimum Gasteiger partial charge on any atom is -0.492 e. The van der Waals surface area contributed by atoms with Gasteiger partial charge in [-0.3, -0.25) is 4.79 Å². The van der Waals surface area contributed by atoms with Crippen LogP contribution in [0, 0.1) is 5.82 Å². The Morgan fingerprint density at radius 1 is 1.17 bits per heavy atom. The zero-order chi connectivity index (χ0) is 17.4. The lowest BCUT2D eigenvalue weighted by Gasteiger charge is -2.10. The van der Waals surface area contributed by atoms with Gasteiger partial charge in [0.1, 0.15) is 11.6 Å². The van der Waals surface area contributed by atoms with E-state index in [1.807, 2.05) is 0 Å². The zero-order valence-electron chi connectivity index (χ0n) is 13.6. The van der Waals surface area contributed by atoms with Crippen molar-refractivity contribution in [1.29, 1.82) is 0 Å². The fraction of sp³-hybridized carbons (Fsp3) is 0.316. The van der Waals surface area contributed by atoms with Crippen molar-refractivity contribution in [3.8, 4) is 5.75 Å². The van der Waals surface area contributed by atoms with E-state index in [4.69, 9.17) is 4.74 Å². The van der Waals surface area contributed by atoms with Crippen molar-refractivity contribution in [3.63, 3.8) is 0 Å². The van der Waals surface area contributed by atoms with Gasteiger partial charge in [0.2, 0.25) is 0 Å². The number of ether oxygens (including phenoxy) is 1. The average Bonchev–Trinajstić information content (AvgIpc) is 2.58. The second-order valence-corrected chi connectivity index (χ2v) is 6.34. The number of carbonyl (C=O) groups excluding carboxylic acids is 1. The first kappa shape index (κ1) is 18.5. The fourth-order valence-electron chi connectivity index (χ4n) is 2.23. The number of benzene rings is 2. The van der Waals surface area contributed by atoms with Crippen molar-refractivity contribution in [3.05, 3.63) is 58.3 Å². The molecule has 2 rings (SSSR count). The lowest BCUT2D eigenvalue weighted by Crippen LogP contribution is -2.13. The van der Waals surface area contributed by atoms with Crippen LogP contribution < -0.4 is 10.1 Å². The number of hydrogen-bond acceptors (Lipinski definition) is 2. The fourth-order valence-corrected chi connectivity index (χ4v) is 2.72. The third-order valence-electron chi connectivity index (χ3n) is 3.57. The molecule has 0 aromatic heterocycles. The predicted molar refractivity (Wildman–Crippen MR) is 98.1 cm³/mol. The van der Waals surface area contributed by atoms with Gasteiger partial charge in [-0.1, -0.05) is 38.3 Å². The highest BCUT2D eigenvalue weighted by molar-refractivity contribution is 9.10. The van der Waals surface area contributed by atoms with Crippen molar-refractivity contribution < 1.29 is 13.9 Å². The van der Waals surface area contributed by atoms with Crippen LogP contribution in [0.2, 0.25) is 0 Å². The van der Waals surface area contributed by atoms with E-state index in [9.17, 15) is 9.18 Å². The van der Waals surface area contributed by atoms with Gasteiger partial charge < -0.3 is 10.1 Å². The van der Waals surface area contributed by atoms with Crippen LogP contribution in [-0.2, 0) is 0 Å². The van der Waals surface area contributed by atoms with Gasteiger partial charge in [0, 0.05) is 5.56 Å². The molecule has 128 valence electrons. The van der Waals surface area contributed by atoms with Crippen LogP contribution in [0.25, 0.3) is 0 Å². The predicted octanol–water partition coefficient (Wildman–Crippen LogP) is 5.80. The summed E-state index contributed by atoms with van der Waals surface area (Å²) in [5.41, 5.74) is 0.596. The number of hydrogen-bond donors (Lipinski definition) is 1. The second kappa shape index (κ2) is 9.42. The van der Waals surface area contributed by atoms with E-state index in [1.165, 1.54) is 25.0 Å². The molecule has 1 amide bonds. The Labute approximate surface area is 150 Å². The summed E-state index contributed by atoms with van der Waals surface area (Å²) in [6.07, 6.45) is 4.56. The first-order chi connectivity index (χ1) is 11.6. The third-order valence-corrected chi connectivity index (χ3v) is 4.19. The molecule has 24 heavy (non-hydrogen) atoms. The van der Waals surface area contributed by atoms with Crippen LogP contribution in [0.5, 0.6) is 5.75 Å². The van der Waals surface area contributed by atoms with Crippen LogP contribution in [0.4, 0.5) is 10.1 Å². The molecule has 0 unspecified atom stereocenters. The summed E-state index contributed by atoms with van der Waals surface area (Å²) in [6, 6.07) is 11.2. The highest BCUT2D eigenvalue weighted by Gasteiger charge is 2.11. The summed E-state index contributed by atoms with van der Waals surface area (Å²) in [7, 11) is 0. The Hall–Kier alpha value is -1.88. The monoisotopic (exact) mass is 393 g/mol. The van der Waals surface area contributed by atoms with E-state index in [1.54, 1.807) is 30.3 Å². The summed E-state index contributed by atoms with van der Waals surface area (Å²) in [5, 5.41) is 2.56. The molecule has 1 N–H and O–H groups in total. The van der Waals surface area contributed by atoms with Gasteiger partial charge in [0.05, 0.1) is 16.8 Å². The number of rotatable bonds is 8. The van der Waals surface area contributed by atoms with E-state index < -0.39 is 5.82 Å². The Balaban J connectivity index is 1.96. The van der Waals surface area contributed by atoms with E-state index in [2.05, 4.69) is 28.2 Å². The largest absolute Gasteiger partial charge is 0.492 e. The highest BCUT2D eigenvalue weighted by atomic mass is 79.9. The number of unbranched alkanes of at least 4 members (excludes halogenated alkanes) is 3. The number of nitrogens with one attached hydrogen (secondary N) is 1. The molecule has 0 saturated carbocycles. The van der Waals surface area contributed by atoms with Gasteiger partial charge in [0.15, 0.2) is 0 Å². The van der Waals surface area contributed by atoms with E-state index in [0.29, 0.717) is 22.4 Å². The first-order valence-corrected chi connectivity index (χ1v) is 8.89. The summed E-state index contributed by atoms with van der Waals surface area (Å²) >= 11 is 3.42. The molecule has 2 aromatic rings. The smallest absolute Gasteiger partial charge is 0.255 e. The summed E-state index contributed by atoms with van der Waals surface area (Å²) in [6.45, 7) is 2.82. The summed E-state index contributed by atoms with van der Waals surface area (Å²) < 4.78 is 20.0. The molecule has 0 radical (unpaired) electrons. The Bertz CT molecular complexity index is 691. The van der Waals surface area contributed by atoms with Crippen molar-refractivity contribution in [2.75, 3.05) is 11.9 Å². The van der Waals surface area contributed by atoms with Crippen LogP contribution in [-0.4, -0.2) is 12.5 Å². The van der Waals surface area contributed by atoms with Crippen molar-refractivity contribution in [2.45, 2.75) is 32.6 Å². The second-order valence-electron chi connectivity index (χ2n) is 5.49. The molecule has 0 saturated heterocycles. The number of carbonyl (C=O) groups is 1. The Kier molecular flexibility index (Phi) is 7.25. The summed E-state index contributed by atoms with van der Waals surface area (Å²) in [4.78, 5) is 12.2. The Morgan fingerprint density at radius 3 is 2.67 bits per heavy atom. The number of halogens is 2. The Morgan fingerprint density at radius 2 is 1.96 bits per heavy atom. The minimum atomic E-state index is -0.461. The molecule has 5 heteroatoms. The average molecular weight is 394 g/mol. The van der Waals surface area contributed by atoms with Crippen LogP contribution in [0.1, 0.15) is 43.0 Å². The van der Waals surface area contributed by atoms with Crippen LogP contribution in [0.3, 0.4) is 0 Å². The van der Waals surface area contributed by atoms with Crippen molar-refractivity contribution in [2.24, 2.45) is 0 Å². The molecule has 0 bridgehead atoms. The first-order valence-electron chi connectivity index (χ1n) is 8.10. The molecule has 3 nitrogen and oxygen atoms in total. The quantitative estimate of drug-likeness (QED) is 0.575. The maximum atomic E-state index is 13.6. The van der Waals surface area contributed by atoms with Crippen LogP contribution in [0.15, 0.2) is 46.9 Å².